The number of carboxylic acids is 1. The third-order valence-electron chi connectivity index (χ3n) is 1.15. The van der Waals surface area contributed by atoms with E-state index in [1.165, 1.54) is 5.12 Å². The molecule has 0 aromatic heterocycles. The SMILES string of the molecule is C=CCNN(CC(=O)O)NCC=C. The van der Waals surface area contributed by atoms with Gasteiger partial charge >= 0.3 is 5.97 Å². The number of hydrazine groups is 2. The molecule has 13 heavy (non-hydrogen) atoms. The molecule has 0 bridgehead atoms. The quantitative estimate of drug-likeness (QED) is 0.359. The number of rotatable bonds is 8. The Hall–Kier alpha value is -1.17. The first-order valence-corrected chi connectivity index (χ1v) is 3.88. The first-order valence-electron chi connectivity index (χ1n) is 3.88. The number of aliphatic carboxylic acids is 1. The van der Waals surface area contributed by atoms with E-state index < -0.39 is 5.97 Å². The number of nitrogens with one attached hydrogen (secondary N) is 2. The molecule has 5 heteroatoms. The molecule has 0 heterocycles. The fourth-order valence-electron chi connectivity index (χ4n) is 0.652. The minimum atomic E-state index is -0.909. The maximum absolute atomic E-state index is 10.4. The van der Waals surface area contributed by atoms with Crippen LogP contribution in [0.25, 0.3) is 0 Å². The van der Waals surface area contributed by atoms with E-state index in [0.717, 1.165) is 0 Å². The van der Waals surface area contributed by atoms with E-state index in [4.69, 9.17) is 5.11 Å². The second kappa shape index (κ2) is 7.48. The maximum Gasteiger partial charge on any atom is 0.320 e. The van der Waals surface area contributed by atoms with Gasteiger partial charge in [0, 0.05) is 13.1 Å². The van der Waals surface area contributed by atoms with Gasteiger partial charge in [-0.05, 0) is 0 Å². The van der Waals surface area contributed by atoms with Crippen molar-refractivity contribution in [2.75, 3.05) is 19.6 Å². The van der Waals surface area contributed by atoms with Crippen LogP contribution < -0.4 is 10.9 Å². The molecule has 0 aliphatic rings. The highest BCUT2D eigenvalue weighted by Gasteiger charge is 2.05. The molecular formula is C8H15N3O2. The molecule has 0 rings (SSSR count). The number of carboxylic acid groups (broad SMARTS) is 1. The summed E-state index contributed by atoms with van der Waals surface area (Å²) >= 11 is 0. The third kappa shape index (κ3) is 7.20. The molecule has 0 amide bonds. The molecule has 5 nitrogen and oxygen atoms in total. The molecular weight excluding hydrogens is 170 g/mol. The summed E-state index contributed by atoms with van der Waals surface area (Å²) in [5.41, 5.74) is 5.62. The molecule has 0 aromatic carbocycles. The number of hydrogen-bond donors (Lipinski definition) is 3. The van der Waals surface area contributed by atoms with Crippen molar-refractivity contribution in [2.45, 2.75) is 0 Å². The molecule has 0 spiro atoms. The monoisotopic (exact) mass is 185 g/mol. The predicted octanol–water partition coefficient (Wildman–Crippen LogP) is -0.246. The van der Waals surface area contributed by atoms with Gasteiger partial charge in [-0.15, -0.1) is 13.2 Å². The van der Waals surface area contributed by atoms with Gasteiger partial charge in [-0.3, -0.25) is 4.79 Å². The van der Waals surface area contributed by atoms with Gasteiger partial charge in [-0.25, -0.2) is 10.9 Å². The highest BCUT2D eigenvalue weighted by atomic mass is 16.4. The summed E-state index contributed by atoms with van der Waals surface area (Å²) in [6.45, 7) is 7.91. The Morgan fingerprint density at radius 2 is 1.77 bits per heavy atom. The minimum Gasteiger partial charge on any atom is -0.480 e. The van der Waals surface area contributed by atoms with Crippen molar-refractivity contribution in [1.82, 2.24) is 16.0 Å². The minimum absolute atomic E-state index is 0.123. The van der Waals surface area contributed by atoms with Gasteiger partial charge < -0.3 is 5.11 Å². The van der Waals surface area contributed by atoms with Crippen LogP contribution in [0.5, 0.6) is 0 Å². The van der Waals surface area contributed by atoms with Gasteiger partial charge in [0.1, 0.15) is 6.54 Å². The summed E-state index contributed by atoms with van der Waals surface area (Å²) in [7, 11) is 0. The summed E-state index contributed by atoms with van der Waals surface area (Å²) in [6, 6.07) is 0. The van der Waals surface area contributed by atoms with E-state index in [9.17, 15) is 4.79 Å². The van der Waals surface area contributed by atoms with Crippen molar-refractivity contribution in [3.8, 4) is 0 Å². The standard InChI is InChI=1S/C8H15N3O2/c1-3-5-9-11(7-8(12)13)10-6-4-2/h3-4,9-10H,1-2,5-7H2,(H,12,13). The Labute approximate surface area is 77.7 Å². The Bertz CT molecular complexity index is 170. The van der Waals surface area contributed by atoms with E-state index in [0.29, 0.717) is 13.1 Å². The zero-order valence-electron chi connectivity index (χ0n) is 7.49. The number of nitrogens with zero attached hydrogens (tertiary/aromatic N) is 1. The van der Waals surface area contributed by atoms with Crippen LogP contribution in [0.1, 0.15) is 0 Å². The van der Waals surface area contributed by atoms with Crippen LogP contribution in [0.3, 0.4) is 0 Å². The average Bonchev–Trinajstić information content (AvgIpc) is 2.09. The van der Waals surface area contributed by atoms with Crippen LogP contribution in [0, 0.1) is 0 Å². The summed E-state index contributed by atoms with van der Waals surface area (Å²) in [5.74, 6) is -0.909. The zero-order chi connectivity index (χ0) is 10.1. The van der Waals surface area contributed by atoms with Crippen molar-refractivity contribution in [3.63, 3.8) is 0 Å². The Morgan fingerprint density at radius 1 is 1.31 bits per heavy atom. The van der Waals surface area contributed by atoms with E-state index >= 15 is 0 Å². The van der Waals surface area contributed by atoms with Gasteiger partial charge in [0.05, 0.1) is 0 Å². The normalized spacial score (nSPS) is 9.92. The first kappa shape index (κ1) is 11.8. The van der Waals surface area contributed by atoms with Crippen LogP contribution in [0.15, 0.2) is 25.3 Å². The zero-order valence-corrected chi connectivity index (χ0v) is 7.49. The van der Waals surface area contributed by atoms with Crippen LogP contribution >= 0.6 is 0 Å². The third-order valence-corrected chi connectivity index (χ3v) is 1.15. The largest absolute Gasteiger partial charge is 0.480 e. The molecule has 0 saturated heterocycles. The average molecular weight is 185 g/mol. The lowest BCUT2D eigenvalue weighted by atomic mass is 10.6. The molecule has 0 radical (unpaired) electrons. The van der Waals surface area contributed by atoms with Gasteiger partial charge in [0.15, 0.2) is 0 Å². The highest BCUT2D eigenvalue weighted by Crippen LogP contribution is 1.77. The molecule has 0 unspecified atom stereocenters. The van der Waals surface area contributed by atoms with E-state index in [1.807, 2.05) is 0 Å². The summed E-state index contributed by atoms with van der Waals surface area (Å²) in [4.78, 5) is 10.4. The molecule has 0 saturated carbocycles. The number of carbonyl (C=O) groups is 1. The lowest BCUT2D eigenvalue weighted by molar-refractivity contribution is -0.140. The maximum atomic E-state index is 10.4. The molecule has 74 valence electrons. The molecule has 0 aliphatic heterocycles. The number of hydrogen-bond acceptors (Lipinski definition) is 4. The first-order chi connectivity index (χ1) is 6.20. The van der Waals surface area contributed by atoms with E-state index in [2.05, 4.69) is 24.0 Å². The fourth-order valence-corrected chi connectivity index (χ4v) is 0.652. The summed E-state index contributed by atoms with van der Waals surface area (Å²) in [5, 5.41) is 9.89. The molecule has 0 atom stereocenters. The fraction of sp³-hybridized carbons (Fsp3) is 0.375. The van der Waals surface area contributed by atoms with Crippen molar-refractivity contribution in [1.29, 1.82) is 0 Å². The Balaban J connectivity index is 3.78. The van der Waals surface area contributed by atoms with Crippen molar-refractivity contribution in [2.24, 2.45) is 0 Å². The molecule has 0 aliphatic carbocycles. The lowest BCUT2D eigenvalue weighted by Crippen LogP contribution is -2.50. The molecule has 0 aromatic rings. The topological polar surface area (TPSA) is 64.6 Å². The Morgan fingerprint density at radius 3 is 2.08 bits per heavy atom. The summed E-state index contributed by atoms with van der Waals surface area (Å²) in [6.07, 6.45) is 3.29. The second-order valence-corrected chi connectivity index (χ2v) is 2.28. The van der Waals surface area contributed by atoms with Crippen LogP contribution in [0.4, 0.5) is 0 Å². The predicted molar refractivity (Wildman–Crippen MR) is 50.7 cm³/mol. The van der Waals surface area contributed by atoms with Crippen molar-refractivity contribution < 1.29 is 9.90 Å². The lowest BCUT2D eigenvalue weighted by Gasteiger charge is -2.20. The van der Waals surface area contributed by atoms with Crippen molar-refractivity contribution >= 4 is 5.97 Å². The van der Waals surface area contributed by atoms with Gasteiger partial charge in [-0.2, -0.15) is 5.12 Å². The van der Waals surface area contributed by atoms with Crippen LogP contribution in [0.2, 0.25) is 0 Å². The highest BCUT2D eigenvalue weighted by molar-refractivity contribution is 5.68. The molecule has 0 fully saturated rings. The summed E-state index contributed by atoms with van der Waals surface area (Å²) < 4.78 is 0. The van der Waals surface area contributed by atoms with Crippen molar-refractivity contribution in [3.05, 3.63) is 25.3 Å². The van der Waals surface area contributed by atoms with Crippen LogP contribution in [-0.2, 0) is 4.79 Å². The van der Waals surface area contributed by atoms with E-state index in [1.54, 1.807) is 12.2 Å². The van der Waals surface area contributed by atoms with Gasteiger partial charge in [0.2, 0.25) is 0 Å². The smallest absolute Gasteiger partial charge is 0.320 e. The van der Waals surface area contributed by atoms with Gasteiger partial charge in [-0.1, -0.05) is 12.2 Å². The Kier molecular flexibility index (Phi) is 6.80. The van der Waals surface area contributed by atoms with E-state index in [-0.39, 0.29) is 6.54 Å². The van der Waals surface area contributed by atoms with Gasteiger partial charge in [0.25, 0.3) is 0 Å². The molecule has 3 N–H and O–H groups in total. The second-order valence-electron chi connectivity index (χ2n) is 2.28. The van der Waals surface area contributed by atoms with Crippen LogP contribution in [-0.4, -0.2) is 35.8 Å².